The summed E-state index contributed by atoms with van der Waals surface area (Å²) < 4.78 is 5.08. The predicted molar refractivity (Wildman–Crippen MR) is 59.5 cm³/mol. The van der Waals surface area contributed by atoms with Gasteiger partial charge in [-0.15, -0.1) is 0 Å². The molecule has 1 aromatic carbocycles. The third-order valence-electron chi connectivity index (χ3n) is 2.88. The quantitative estimate of drug-likeness (QED) is 0.560. The summed E-state index contributed by atoms with van der Waals surface area (Å²) in [5, 5.41) is 0. The van der Waals surface area contributed by atoms with Gasteiger partial charge in [-0.25, -0.2) is 0 Å². The van der Waals surface area contributed by atoms with E-state index in [-0.39, 0.29) is 11.7 Å². The van der Waals surface area contributed by atoms with Crippen LogP contribution in [0.4, 0.5) is 0 Å². The molecular weight excluding hydrogens is 204 g/mol. The van der Waals surface area contributed by atoms with Crippen molar-refractivity contribution in [3.63, 3.8) is 0 Å². The maximum atomic E-state index is 11.9. The maximum absolute atomic E-state index is 11.9. The first kappa shape index (κ1) is 10.9. The van der Waals surface area contributed by atoms with Gasteiger partial charge in [-0.2, -0.15) is 0 Å². The molecule has 1 saturated carbocycles. The van der Waals surface area contributed by atoms with Crippen molar-refractivity contribution in [2.45, 2.75) is 18.8 Å². The zero-order chi connectivity index (χ0) is 11.5. The van der Waals surface area contributed by atoms with Gasteiger partial charge in [-0.3, -0.25) is 4.79 Å². The number of carbonyl (C=O) groups is 2. The zero-order valence-corrected chi connectivity index (χ0v) is 9.18. The van der Waals surface area contributed by atoms with E-state index in [9.17, 15) is 9.59 Å². The highest BCUT2D eigenvalue weighted by atomic mass is 16.5. The molecule has 3 nitrogen and oxygen atoms in total. The Kier molecular flexibility index (Phi) is 3.04. The van der Waals surface area contributed by atoms with Crippen LogP contribution in [0.3, 0.4) is 0 Å². The van der Waals surface area contributed by atoms with Crippen LogP contribution in [0.1, 0.15) is 24.3 Å². The van der Waals surface area contributed by atoms with Crippen LogP contribution in [-0.2, 0) is 9.59 Å². The first-order valence-electron chi connectivity index (χ1n) is 5.39. The topological polar surface area (TPSA) is 43.4 Å². The minimum Gasteiger partial charge on any atom is -0.497 e. The highest BCUT2D eigenvalue weighted by Gasteiger charge is 2.35. The van der Waals surface area contributed by atoms with Crippen LogP contribution >= 0.6 is 0 Å². The molecule has 1 aliphatic carbocycles. The molecule has 1 aliphatic rings. The van der Waals surface area contributed by atoms with Gasteiger partial charge in [0.1, 0.15) is 12.0 Å². The number of hydrogen-bond acceptors (Lipinski definition) is 3. The molecule has 1 unspecified atom stereocenters. The molecule has 1 atom stereocenters. The summed E-state index contributed by atoms with van der Waals surface area (Å²) in [5.41, 5.74) is 0.728. The normalized spacial score (nSPS) is 16.6. The molecule has 0 saturated heterocycles. The average Bonchev–Trinajstić information content (AvgIpc) is 3.14. The first-order valence-corrected chi connectivity index (χ1v) is 5.39. The Balaban J connectivity index is 2.24. The number of methoxy groups -OCH3 is 1. The van der Waals surface area contributed by atoms with Crippen LogP contribution in [-0.4, -0.2) is 19.2 Å². The Morgan fingerprint density at radius 3 is 2.81 bits per heavy atom. The fraction of sp³-hybridized carbons (Fsp3) is 0.385. The minimum atomic E-state index is -0.623. The minimum absolute atomic E-state index is 0.0447. The Bertz CT molecular complexity index is 407. The van der Waals surface area contributed by atoms with E-state index < -0.39 is 5.92 Å². The number of benzene rings is 1. The molecule has 84 valence electrons. The van der Waals surface area contributed by atoms with Gasteiger partial charge < -0.3 is 9.53 Å². The number of ether oxygens (including phenoxy) is 1. The van der Waals surface area contributed by atoms with Crippen molar-refractivity contribution in [3.8, 4) is 5.75 Å². The van der Waals surface area contributed by atoms with Gasteiger partial charge in [-0.05, 0) is 30.5 Å². The van der Waals surface area contributed by atoms with E-state index in [4.69, 9.17) is 4.74 Å². The average molecular weight is 218 g/mol. The van der Waals surface area contributed by atoms with Gasteiger partial charge in [-0.1, -0.05) is 12.1 Å². The molecule has 0 N–H and O–H groups in total. The molecule has 0 spiro atoms. The summed E-state index contributed by atoms with van der Waals surface area (Å²) in [6.07, 6.45) is 2.58. The molecule has 0 radical (unpaired) electrons. The summed E-state index contributed by atoms with van der Waals surface area (Å²) in [4.78, 5) is 22.9. The van der Waals surface area contributed by atoms with Crippen molar-refractivity contribution in [1.82, 2.24) is 0 Å². The lowest BCUT2D eigenvalue weighted by Gasteiger charge is -2.10. The standard InChI is InChI=1S/C13H14O3/c1-16-11-4-2-3-10(7-11)12(8-14)13(15)9-5-6-9/h2-4,7-9,12H,5-6H2,1H3. The fourth-order valence-electron chi connectivity index (χ4n) is 1.77. The van der Waals surface area contributed by atoms with Crippen LogP contribution < -0.4 is 4.74 Å². The highest BCUT2D eigenvalue weighted by molar-refractivity contribution is 6.01. The molecule has 0 amide bonds. The lowest BCUT2D eigenvalue weighted by Crippen LogP contribution is -2.15. The van der Waals surface area contributed by atoms with E-state index in [1.165, 1.54) is 0 Å². The van der Waals surface area contributed by atoms with Gasteiger partial charge in [0.25, 0.3) is 0 Å². The molecule has 0 bridgehead atoms. The van der Waals surface area contributed by atoms with E-state index >= 15 is 0 Å². The van der Waals surface area contributed by atoms with Gasteiger partial charge in [0.2, 0.25) is 0 Å². The van der Waals surface area contributed by atoms with E-state index in [1.807, 2.05) is 0 Å². The van der Waals surface area contributed by atoms with E-state index in [1.54, 1.807) is 31.4 Å². The van der Waals surface area contributed by atoms with Crippen LogP contribution in [0.5, 0.6) is 5.75 Å². The van der Waals surface area contributed by atoms with Gasteiger partial charge >= 0.3 is 0 Å². The first-order chi connectivity index (χ1) is 7.76. The highest BCUT2D eigenvalue weighted by Crippen LogP contribution is 2.35. The van der Waals surface area contributed by atoms with Crippen LogP contribution in [0, 0.1) is 5.92 Å². The molecule has 1 fully saturated rings. The van der Waals surface area contributed by atoms with E-state index in [2.05, 4.69) is 0 Å². The van der Waals surface area contributed by atoms with Gasteiger partial charge in [0, 0.05) is 5.92 Å². The summed E-state index contributed by atoms with van der Waals surface area (Å²) in [7, 11) is 1.57. The molecule has 2 rings (SSSR count). The van der Waals surface area contributed by atoms with Crippen molar-refractivity contribution >= 4 is 12.1 Å². The molecule has 0 aromatic heterocycles. The maximum Gasteiger partial charge on any atom is 0.150 e. The van der Waals surface area contributed by atoms with E-state index in [0.29, 0.717) is 5.75 Å². The molecule has 1 aromatic rings. The number of hydrogen-bond donors (Lipinski definition) is 0. The Labute approximate surface area is 94.4 Å². The molecule has 16 heavy (non-hydrogen) atoms. The van der Waals surface area contributed by atoms with Crippen LogP contribution in [0.2, 0.25) is 0 Å². The Hall–Kier alpha value is -1.64. The zero-order valence-electron chi connectivity index (χ0n) is 9.18. The Morgan fingerprint density at radius 1 is 1.50 bits per heavy atom. The Morgan fingerprint density at radius 2 is 2.25 bits per heavy atom. The van der Waals surface area contributed by atoms with Crippen molar-refractivity contribution in [1.29, 1.82) is 0 Å². The van der Waals surface area contributed by atoms with Crippen LogP contribution in [0.25, 0.3) is 0 Å². The third kappa shape index (κ3) is 2.13. The van der Waals surface area contributed by atoms with Crippen LogP contribution in [0.15, 0.2) is 24.3 Å². The second-order valence-electron chi connectivity index (χ2n) is 4.07. The third-order valence-corrected chi connectivity index (χ3v) is 2.88. The summed E-state index contributed by atoms with van der Waals surface area (Å²) in [5.74, 6) is 0.195. The fourth-order valence-corrected chi connectivity index (χ4v) is 1.77. The number of ketones is 1. The monoisotopic (exact) mass is 218 g/mol. The number of rotatable bonds is 5. The summed E-state index contributed by atoms with van der Waals surface area (Å²) in [6, 6.07) is 7.14. The molecular formula is C13H14O3. The van der Waals surface area contributed by atoms with E-state index in [0.717, 1.165) is 24.7 Å². The lowest BCUT2D eigenvalue weighted by atomic mass is 9.93. The lowest BCUT2D eigenvalue weighted by molar-refractivity contribution is -0.125. The van der Waals surface area contributed by atoms with Crippen molar-refractivity contribution < 1.29 is 14.3 Å². The second-order valence-corrected chi connectivity index (χ2v) is 4.07. The number of Topliss-reactive ketones (excluding diaryl/α,β-unsaturated/α-hetero) is 1. The van der Waals surface area contributed by atoms with Crippen molar-refractivity contribution in [2.24, 2.45) is 5.92 Å². The van der Waals surface area contributed by atoms with Gasteiger partial charge in [0.05, 0.1) is 13.0 Å². The van der Waals surface area contributed by atoms with Crippen molar-refractivity contribution in [2.75, 3.05) is 7.11 Å². The SMILES string of the molecule is COc1cccc(C(C=O)C(=O)C2CC2)c1. The largest absolute Gasteiger partial charge is 0.497 e. The van der Waals surface area contributed by atoms with Crippen molar-refractivity contribution in [3.05, 3.63) is 29.8 Å². The van der Waals surface area contributed by atoms with Gasteiger partial charge in [0.15, 0.2) is 5.78 Å². The predicted octanol–water partition coefficient (Wildman–Crippen LogP) is 1.96. The number of carbonyl (C=O) groups excluding carboxylic acids is 2. The molecule has 3 heteroatoms. The molecule has 0 heterocycles. The number of aldehydes is 1. The smallest absolute Gasteiger partial charge is 0.150 e. The summed E-state index contributed by atoms with van der Waals surface area (Å²) >= 11 is 0. The second kappa shape index (κ2) is 4.47. The summed E-state index contributed by atoms with van der Waals surface area (Å²) in [6.45, 7) is 0. The molecule has 0 aliphatic heterocycles.